The maximum atomic E-state index is 13.2. The van der Waals surface area contributed by atoms with Gasteiger partial charge in [0.2, 0.25) is 0 Å². The van der Waals surface area contributed by atoms with Crippen molar-refractivity contribution in [2.45, 2.75) is 16.8 Å². The third-order valence-electron chi connectivity index (χ3n) is 4.69. The summed E-state index contributed by atoms with van der Waals surface area (Å²) in [6.45, 7) is 1.98. The van der Waals surface area contributed by atoms with Gasteiger partial charge in [0.1, 0.15) is 5.03 Å². The normalized spacial score (nSPS) is 11.3. The Morgan fingerprint density at radius 3 is 2.43 bits per heavy atom. The Morgan fingerprint density at radius 1 is 1.00 bits per heavy atom. The van der Waals surface area contributed by atoms with Crippen LogP contribution in [0.25, 0.3) is 17.0 Å². The molecule has 0 aliphatic heterocycles. The quantitative estimate of drug-likeness (QED) is 0.208. The molecule has 148 valence electrons. The SMILES string of the molecule is Cc1c(C(=O)/C=C/c2ccc(Br)cc2)c(Sc2ccc(Cl)cc2)nc2ccccc12. The minimum Gasteiger partial charge on any atom is -0.289 e. The van der Waals surface area contributed by atoms with Gasteiger partial charge >= 0.3 is 0 Å². The van der Waals surface area contributed by atoms with Gasteiger partial charge in [-0.15, -0.1) is 0 Å². The van der Waals surface area contributed by atoms with Crippen LogP contribution >= 0.6 is 39.3 Å². The predicted octanol–water partition coefficient (Wildman–Crippen LogP) is 8.01. The first-order chi connectivity index (χ1) is 14.5. The van der Waals surface area contributed by atoms with E-state index in [2.05, 4.69) is 15.9 Å². The standard InChI is InChI=1S/C25H17BrClNOS/c1-16-21-4-2-3-5-22(21)28-25(30-20-13-11-19(27)12-14-20)24(16)23(29)15-8-17-6-9-18(26)10-7-17/h2-15H,1H3/b15-8+. The highest BCUT2D eigenvalue weighted by atomic mass is 79.9. The number of hydrogen-bond acceptors (Lipinski definition) is 3. The number of rotatable bonds is 5. The summed E-state index contributed by atoms with van der Waals surface area (Å²) in [7, 11) is 0. The molecule has 2 nitrogen and oxygen atoms in total. The minimum absolute atomic E-state index is 0.0647. The number of nitrogens with zero attached hydrogens (tertiary/aromatic N) is 1. The first-order valence-corrected chi connectivity index (χ1v) is 11.3. The molecule has 0 aliphatic carbocycles. The van der Waals surface area contributed by atoms with Crippen molar-refractivity contribution in [3.63, 3.8) is 0 Å². The second-order valence-electron chi connectivity index (χ2n) is 6.74. The predicted molar refractivity (Wildman–Crippen MR) is 130 cm³/mol. The van der Waals surface area contributed by atoms with Crippen LogP contribution in [-0.4, -0.2) is 10.8 Å². The monoisotopic (exact) mass is 493 g/mol. The number of ketones is 1. The molecule has 0 unspecified atom stereocenters. The van der Waals surface area contributed by atoms with Gasteiger partial charge in [-0.25, -0.2) is 4.98 Å². The topological polar surface area (TPSA) is 30.0 Å². The van der Waals surface area contributed by atoms with Crippen LogP contribution in [0.3, 0.4) is 0 Å². The lowest BCUT2D eigenvalue weighted by molar-refractivity contribution is 0.104. The summed E-state index contributed by atoms with van der Waals surface area (Å²) in [6, 6.07) is 23.3. The number of benzene rings is 3. The van der Waals surface area contributed by atoms with E-state index in [0.717, 1.165) is 31.4 Å². The van der Waals surface area contributed by atoms with E-state index in [9.17, 15) is 4.79 Å². The second-order valence-corrected chi connectivity index (χ2v) is 9.15. The van der Waals surface area contributed by atoms with Gasteiger partial charge in [0, 0.05) is 19.8 Å². The van der Waals surface area contributed by atoms with Crippen molar-refractivity contribution in [2.24, 2.45) is 0 Å². The Morgan fingerprint density at radius 2 is 1.70 bits per heavy atom. The maximum absolute atomic E-state index is 13.2. The summed E-state index contributed by atoms with van der Waals surface area (Å²) >= 11 is 10.9. The van der Waals surface area contributed by atoms with Crippen LogP contribution in [0.1, 0.15) is 21.5 Å². The smallest absolute Gasteiger partial charge is 0.188 e. The molecule has 0 N–H and O–H groups in total. The fraction of sp³-hybridized carbons (Fsp3) is 0.0400. The zero-order valence-corrected chi connectivity index (χ0v) is 19.3. The number of halogens is 2. The van der Waals surface area contributed by atoms with Crippen LogP contribution < -0.4 is 0 Å². The van der Waals surface area contributed by atoms with Crippen molar-refractivity contribution >= 4 is 62.1 Å². The van der Waals surface area contributed by atoms with E-state index < -0.39 is 0 Å². The Bertz CT molecular complexity index is 1250. The molecule has 0 saturated heterocycles. The molecular formula is C25H17BrClNOS. The molecule has 0 radical (unpaired) electrons. The molecule has 0 amide bonds. The highest BCUT2D eigenvalue weighted by molar-refractivity contribution is 9.10. The molecule has 1 aromatic heterocycles. The molecule has 3 aromatic carbocycles. The Kier molecular flexibility index (Phi) is 6.38. The molecule has 0 bridgehead atoms. The largest absolute Gasteiger partial charge is 0.289 e. The molecule has 0 aliphatic rings. The van der Waals surface area contributed by atoms with E-state index in [-0.39, 0.29) is 5.78 Å². The molecule has 1 heterocycles. The van der Waals surface area contributed by atoms with Crippen LogP contribution in [0.2, 0.25) is 5.02 Å². The van der Waals surface area contributed by atoms with E-state index in [1.165, 1.54) is 11.8 Å². The summed E-state index contributed by atoms with van der Waals surface area (Å²) in [5.41, 5.74) is 3.40. The molecular weight excluding hydrogens is 478 g/mol. The van der Waals surface area contributed by atoms with Crippen LogP contribution in [0, 0.1) is 6.92 Å². The number of pyridine rings is 1. The average Bonchev–Trinajstić information content (AvgIpc) is 2.75. The molecule has 0 atom stereocenters. The van der Waals surface area contributed by atoms with Crippen molar-refractivity contribution in [1.29, 1.82) is 0 Å². The first kappa shape index (κ1) is 20.9. The summed E-state index contributed by atoms with van der Waals surface area (Å²) in [5, 5.41) is 2.35. The van der Waals surface area contributed by atoms with E-state index in [1.807, 2.05) is 85.8 Å². The average molecular weight is 495 g/mol. The maximum Gasteiger partial charge on any atom is 0.188 e. The van der Waals surface area contributed by atoms with Crippen molar-refractivity contribution in [1.82, 2.24) is 4.98 Å². The van der Waals surface area contributed by atoms with Gasteiger partial charge in [0.05, 0.1) is 11.1 Å². The first-order valence-electron chi connectivity index (χ1n) is 9.32. The van der Waals surface area contributed by atoms with E-state index in [4.69, 9.17) is 16.6 Å². The summed E-state index contributed by atoms with van der Waals surface area (Å²) < 4.78 is 1.00. The second kappa shape index (κ2) is 9.17. The van der Waals surface area contributed by atoms with Crippen molar-refractivity contribution in [3.05, 3.63) is 105 Å². The van der Waals surface area contributed by atoms with Gasteiger partial charge < -0.3 is 0 Å². The molecule has 4 rings (SSSR count). The fourth-order valence-corrected chi connectivity index (χ4v) is 4.54. The number of hydrogen-bond donors (Lipinski definition) is 0. The lowest BCUT2D eigenvalue weighted by Crippen LogP contribution is -2.04. The summed E-state index contributed by atoms with van der Waals surface area (Å²) in [6.07, 6.45) is 3.45. The van der Waals surface area contributed by atoms with Gasteiger partial charge in [0.25, 0.3) is 0 Å². The highest BCUT2D eigenvalue weighted by Crippen LogP contribution is 2.34. The fourth-order valence-electron chi connectivity index (χ4n) is 3.16. The molecule has 4 aromatic rings. The minimum atomic E-state index is -0.0647. The van der Waals surface area contributed by atoms with Gasteiger partial charge in [0.15, 0.2) is 5.78 Å². The van der Waals surface area contributed by atoms with Crippen molar-refractivity contribution in [3.8, 4) is 0 Å². The van der Waals surface area contributed by atoms with Gasteiger partial charge in [-0.1, -0.05) is 75.7 Å². The van der Waals surface area contributed by atoms with Crippen molar-refractivity contribution < 1.29 is 4.79 Å². The Labute approximate surface area is 193 Å². The van der Waals surface area contributed by atoms with E-state index >= 15 is 0 Å². The van der Waals surface area contributed by atoms with Crippen LogP contribution in [-0.2, 0) is 0 Å². The molecule has 0 fully saturated rings. The van der Waals surface area contributed by atoms with Crippen LogP contribution in [0.15, 0.2) is 93.3 Å². The third-order valence-corrected chi connectivity index (χ3v) is 6.47. The number of aryl methyl sites for hydroxylation is 1. The van der Waals surface area contributed by atoms with Gasteiger partial charge in [-0.2, -0.15) is 0 Å². The number of aromatic nitrogens is 1. The number of fused-ring (bicyclic) bond motifs is 1. The zero-order valence-electron chi connectivity index (χ0n) is 16.1. The summed E-state index contributed by atoms with van der Waals surface area (Å²) in [4.78, 5) is 19.0. The van der Waals surface area contributed by atoms with Crippen molar-refractivity contribution in [2.75, 3.05) is 0 Å². The molecule has 5 heteroatoms. The molecule has 0 spiro atoms. The van der Waals surface area contributed by atoms with E-state index in [1.54, 1.807) is 6.08 Å². The number of allylic oxidation sites excluding steroid dienone is 1. The van der Waals surface area contributed by atoms with Crippen LogP contribution in [0.4, 0.5) is 0 Å². The summed E-state index contributed by atoms with van der Waals surface area (Å²) in [5.74, 6) is -0.0647. The number of carbonyl (C=O) groups excluding carboxylic acids is 1. The Balaban J connectivity index is 1.77. The lowest BCUT2D eigenvalue weighted by Gasteiger charge is -2.12. The lowest BCUT2D eigenvalue weighted by atomic mass is 10.0. The van der Waals surface area contributed by atoms with Gasteiger partial charge in [-0.05, 0) is 66.6 Å². The zero-order chi connectivity index (χ0) is 21.1. The third kappa shape index (κ3) is 4.67. The number of carbonyl (C=O) groups is 1. The molecule has 0 saturated carbocycles. The molecule has 30 heavy (non-hydrogen) atoms. The Hall–Kier alpha value is -2.40. The van der Waals surface area contributed by atoms with Gasteiger partial charge in [-0.3, -0.25) is 4.79 Å². The van der Waals surface area contributed by atoms with Crippen LogP contribution in [0.5, 0.6) is 0 Å². The van der Waals surface area contributed by atoms with E-state index in [0.29, 0.717) is 15.6 Å². The number of para-hydroxylation sites is 1. The highest BCUT2D eigenvalue weighted by Gasteiger charge is 2.18.